The zero-order chi connectivity index (χ0) is 17.1. The van der Waals surface area contributed by atoms with Crippen molar-refractivity contribution in [2.75, 3.05) is 32.7 Å². The summed E-state index contributed by atoms with van der Waals surface area (Å²) >= 11 is 0. The Morgan fingerprint density at radius 3 is 2.54 bits per heavy atom. The number of guanidine groups is 1. The number of hydrogen-bond acceptors (Lipinski definition) is 3. The van der Waals surface area contributed by atoms with Crippen molar-refractivity contribution in [1.29, 1.82) is 0 Å². The molecule has 1 amide bonds. The van der Waals surface area contributed by atoms with Crippen LogP contribution >= 0.6 is 24.0 Å². The van der Waals surface area contributed by atoms with E-state index in [1.165, 1.54) is 5.56 Å². The van der Waals surface area contributed by atoms with Gasteiger partial charge in [-0.05, 0) is 32.8 Å². The number of aliphatic imine (C=N–C) groups is 1. The summed E-state index contributed by atoms with van der Waals surface area (Å²) in [6, 6.07) is 0. The van der Waals surface area contributed by atoms with Crippen LogP contribution in [0.5, 0.6) is 0 Å². The highest BCUT2D eigenvalue weighted by Crippen LogP contribution is 1.96. The first-order valence-corrected chi connectivity index (χ1v) is 8.38. The molecule has 0 saturated carbocycles. The maximum Gasteiger partial charge on any atom is 0.224 e. The number of aromatic nitrogens is 2. The molecule has 0 aliphatic heterocycles. The highest BCUT2D eigenvalue weighted by molar-refractivity contribution is 14.0. The van der Waals surface area contributed by atoms with Gasteiger partial charge in [0.05, 0.1) is 12.7 Å². The van der Waals surface area contributed by atoms with Gasteiger partial charge in [-0.25, -0.2) is 0 Å². The van der Waals surface area contributed by atoms with Crippen molar-refractivity contribution in [2.45, 2.75) is 33.6 Å². The van der Waals surface area contributed by atoms with E-state index >= 15 is 0 Å². The largest absolute Gasteiger partial charge is 0.357 e. The van der Waals surface area contributed by atoms with Gasteiger partial charge in [0.2, 0.25) is 5.91 Å². The van der Waals surface area contributed by atoms with Crippen LogP contribution in [0, 0.1) is 0 Å². The molecule has 2 N–H and O–H groups in total. The Kier molecular flexibility index (Phi) is 12.3. The molecule has 0 aliphatic carbocycles. The Labute approximate surface area is 162 Å². The normalized spacial score (nSPS) is 10.9. The van der Waals surface area contributed by atoms with E-state index < -0.39 is 0 Å². The first-order valence-electron chi connectivity index (χ1n) is 8.38. The second-order valence-corrected chi connectivity index (χ2v) is 5.28. The standard InChI is InChI=1S/C16H30N6O.HI/c1-5-17-16(18-10-8-14-12-20-21(4)13-14)19-11-9-15(23)22(6-2)7-3;/h12-13H,5-11H2,1-4H3,(H2,17,18,19);1H. The van der Waals surface area contributed by atoms with Crippen molar-refractivity contribution >= 4 is 35.8 Å². The Morgan fingerprint density at radius 2 is 2.00 bits per heavy atom. The second kappa shape index (κ2) is 13.0. The van der Waals surface area contributed by atoms with Gasteiger partial charge in [-0.15, -0.1) is 24.0 Å². The molecule has 7 nitrogen and oxygen atoms in total. The lowest BCUT2D eigenvalue weighted by Crippen LogP contribution is -2.38. The van der Waals surface area contributed by atoms with Crippen LogP contribution in [0.1, 0.15) is 32.8 Å². The fraction of sp³-hybridized carbons (Fsp3) is 0.688. The van der Waals surface area contributed by atoms with Crippen molar-refractivity contribution in [3.8, 4) is 0 Å². The predicted octanol–water partition coefficient (Wildman–Crippen LogP) is 1.39. The number of carbonyl (C=O) groups excluding carboxylic acids is 1. The van der Waals surface area contributed by atoms with Gasteiger partial charge in [-0.1, -0.05) is 0 Å². The molecule has 0 saturated heterocycles. The monoisotopic (exact) mass is 450 g/mol. The van der Waals surface area contributed by atoms with E-state index in [9.17, 15) is 4.79 Å². The molecule has 0 atom stereocenters. The fourth-order valence-electron chi connectivity index (χ4n) is 2.27. The van der Waals surface area contributed by atoms with Crippen molar-refractivity contribution in [3.63, 3.8) is 0 Å². The van der Waals surface area contributed by atoms with Crippen molar-refractivity contribution in [3.05, 3.63) is 18.0 Å². The summed E-state index contributed by atoms with van der Waals surface area (Å²) in [6.45, 7) is 9.59. The van der Waals surface area contributed by atoms with E-state index in [2.05, 4.69) is 20.7 Å². The number of halogens is 1. The van der Waals surface area contributed by atoms with Gasteiger partial charge in [0.1, 0.15) is 0 Å². The fourth-order valence-corrected chi connectivity index (χ4v) is 2.27. The topological polar surface area (TPSA) is 74.6 Å². The molecule has 0 spiro atoms. The van der Waals surface area contributed by atoms with Crippen LogP contribution in [0.3, 0.4) is 0 Å². The van der Waals surface area contributed by atoms with Crippen LogP contribution in [0.4, 0.5) is 0 Å². The molecule has 0 aliphatic rings. The lowest BCUT2D eigenvalue weighted by Gasteiger charge is -2.18. The number of hydrogen-bond donors (Lipinski definition) is 2. The quantitative estimate of drug-likeness (QED) is 0.339. The molecule has 0 fully saturated rings. The minimum Gasteiger partial charge on any atom is -0.357 e. The van der Waals surface area contributed by atoms with Crippen LogP contribution < -0.4 is 10.6 Å². The van der Waals surface area contributed by atoms with E-state index in [0.29, 0.717) is 13.0 Å². The molecule has 0 unspecified atom stereocenters. The van der Waals surface area contributed by atoms with Crippen LogP contribution in [0.2, 0.25) is 0 Å². The van der Waals surface area contributed by atoms with Crippen molar-refractivity contribution in [1.82, 2.24) is 25.3 Å². The van der Waals surface area contributed by atoms with E-state index in [0.717, 1.165) is 38.6 Å². The van der Waals surface area contributed by atoms with E-state index in [1.807, 2.05) is 45.1 Å². The average Bonchev–Trinajstić information content (AvgIpc) is 2.94. The molecular weight excluding hydrogens is 419 g/mol. The highest BCUT2D eigenvalue weighted by atomic mass is 127. The van der Waals surface area contributed by atoms with Gasteiger partial charge >= 0.3 is 0 Å². The van der Waals surface area contributed by atoms with Crippen LogP contribution in [-0.2, 0) is 18.3 Å². The average molecular weight is 450 g/mol. The first-order chi connectivity index (χ1) is 11.1. The van der Waals surface area contributed by atoms with Gasteiger partial charge in [0, 0.05) is 45.8 Å². The molecule has 0 bridgehead atoms. The predicted molar refractivity (Wildman–Crippen MR) is 109 cm³/mol. The number of nitrogens with zero attached hydrogens (tertiary/aromatic N) is 4. The zero-order valence-corrected chi connectivity index (χ0v) is 17.5. The van der Waals surface area contributed by atoms with Gasteiger partial charge in [-0.3, -0.25) is 14.5 Å². The van der Waals surface area contributed by atoms with Crippen LogP contribution in [0.15, 0.2) is 17.4 Å². The minimum atomic E-state index is 0. The number of carbonyl (C=O) groups is 1. The molecule has 0 aromatic carbocycles. The minimum absolute atomic E-state index is 0. The lowest BCUT2D eigenvalue weighted by molar-refractivity contribution is -0.130. The Hall–Kier alpha value is -1.32. The molecule has 8 heteroatoms. The highest BCUT2D eigenvalue weighted by Gasteiger charge is 2.08. The Bertz CT molecular complexity index is 499. The molecule has 1 aromatic rings. The molecule has 1 heterocycles. The number of amides is 1. The molecule has 24 heavy (non-hydrogen) atoms. The summed E-state index contributed by atoms with van der Waals surface area (Å²) in [5, 5.41) is 10.6. The summed E-state index contributed by atoms with van der Waals surface area (Å²) in [7, 11) is 1.91. The summed E-state index contributed by atoms with van der Waals surface area (Å²) < 4.78 is 1.80. The Balaban J connectivity index is 0.00000529. The summed E-state index contributed by atoms with van der Waals surface area (Å²) in [5.74, 6) is 0.911. The summed E-state index contributed by atoms with van der Waals surface area (Å²) in [5.41, 5.74) is 1.19. The number of aryl methyl sites for hydroxylation is 1. The molecule has 0 radical (unpaired) electrons. The lowest BCUT2D eigenvalue weighted by atomic mass is 10.2. The first kappa shape index (κ1) is 22.7. The van der Waals surface area contributed by atoms with Crippen molar-refractivity contribution < 1.29 is 4.79 Å². The molecule has 138 valence electrons. The van der Waals surface area contributed by atoms with Crippen LogP contribution in [0.25, 0.3) is 0 Å². The van der Waals surface area contributed by atoms with Gasteiger partial charge in [0.25, 0.3) is 0 Å². The third-order valence-corrected chi connectivity index (χ3v) is 3.52. The second-order valence-electron chi connectivity index (χ2n) is 5.28. The maximum atomic E-state index is 12.0. The van der Waals surface area contributed by atoms with Gasteiger partial charge in [0.15, 0.2) is 5.96 Å². The van der Waals surface area contributed by atoms with Crippen molar-refractivity contribution in [2.24, 2.45) is 12.0 Å². The van der Waals surface area contributed by atoms with E-state index in [1.54, 1.807) is 4.68 Å². The molecule has 1 aromatic heterocycles. The third kappa shape index (κ3) is 8.51. The number of nitrogens with one attached hydrogen (secondary N) is 2. The van der Waals surface area contributed by atoms with Gasteiger partial charge < -0.3 is 15.5 Å². The van der Waals surface area contributed by atoms with E-state index in [4.69, 9.17) is 0 Å². The van der Waals surface area contributed by atoms with Gasteiger partial charge in [-0.2, -0.15) is 5.10 Å². The van der Waals surface area contributed by atoms with E-state index in [-0.39, 0.29) is 29.9 Å². The smallest absolute Gasteiger partial charge is 0.224 e. The zero-order valence-electron chi connectivity index (χ0n) is 15.2. The molecular formula is C16H31IN6O. The molecule has 1 rings (SSSR count). The van der Waals surface area contributed by atoms with Crippen LogP contribution in [-0.4, -0.2) is 59.3 Å². The SMILES string of the molecule is CCNC(=NCCC(=O)N(CC)CC)NCCc1cnn(C)c1.I. The summed E-state index contributed by atoms with van der Waals surface area (Å²) in [4.78, 5) is 18.3. The maximum absolute atomic E-state index is 12.0. The Morgan fingerprint density at radius 1 is 1.29 bits per heavy atom. The third-order valence-electron chi connectivity index (χ3n) is 3.52. The summed E-state index contributed by atoms with van der Waals surface area (Å²) in [6.07, 6.45) is 5.21. The number of rotatable bonds is 9.